The van der Waals surface area contributed by atoms with Crippen molar-refractivity contribution < 1.29 is 18.9 Å². The zero-order valence-electron chi connectivity index (χ0n) is 15.3. The topological polar surface area (TPSA) is 99.6 Å². The van der Waals surface area contributed by atoms with Gasteiger partial charge in [-0.3, -0.25) is 14.9 Å². The van der Waals surface area contributed by atoms with Gasteiger partial charge in [0.1, 0.15) is 12.2 Å². The van der Waals surface area contributed by atoms with E-state index in [1.165, 1.54) is 30.0 Å². The van der Waals surface area contributed by atoms with Crippen LogP contribution in [0.1, 0.15) is 16.7 Å². The second kappa shape index (κ2) is 8.26. The van der Waals surface area contributed by atoms with Crippen molar-refractivity contribution in [3.05, 3.63) is 79.7 Å². The lowest BCUT2D eigenvalue weighted by Crippen LogP contribution is -2.09. The summed E-state index contributed by atoms with van der Waals surface area (Å²) in [5.74, 6) is -0.399. The molecule has 0 unspecified atom stereocenters. The normalized spacial score (nSPS) is 10.8. The van der Waals surface area contributed by atoms with Crippen LogP contribution in [0.15, 0.2) is 56.6 Å². The number of fused-ring (bicyclic) bond motifs is 1. The average Bonchev–Trinajstić information content (AvgIpc) is 2.68. The summed E-state index contributed by atoms with van der Waals surface area (Å²) < 4.78 is 10.6. The lowest BCUT2D eigenvalue weighted by Gasteiger charge is -2.09. The van der Waals surface area contributed by atoms with E-state index >= 15 is 0 Å². The van der Waals surface area contributed by atoms with Crippen LogP contribution in [-0.2, 0) is 16.1 Å². The Morgan fingerprint density at radius 1 is 1.18 bits per heavy atom. The van der Waals surface area contributed by atoms with E-state index in [-0.39, 0.29) is 18.0 Å². The summed E-state index contributed by atoms with van der Waals surface area (Å²) in [4.78, 5) is 34.8. The van der Waals surface area contributed by atoms with Gasteiger partial charge in [-0.25, -0.2) is 4.79 Å². The van der Waals surface area contributed by atoms with Crippen molar-refractivity contribution in [3.8, 4) is 0 Å². The van der Waals surface area contributed by atoms with Crippen LogP contribution >= 0.6 is 11.8 Å². The molecule has 3 aromatic rings. The predicted molar refractivity (Wildman–Crippen MR) is 106 cm³/mol. The van der Waals surface area contributed by atoms with Gasteiger partial charge in [0.15, 0.2) is 0 Å². The number of nitro benzene ring substituents is 1. The van der Waals surface area contributed by atoms with E-state index in [2.05, 4.69) is 0 Å². The maximum Gasteiger partial charge on any atom is 0.336 e. The molecule has 28 heavy (non-hydrogen) atoms. The highest BCUT2D eigenvalue weighted by molar-refractivity contribution is 8.00. The number of rotatable bonds is 6. The van der Waals surface area contributed by atoms with Gasteiger partial charge >= 0.3 is 11.6 Å². The fourth-order valence-electron chi connectivity index (χ4n) is 2.65. The standard InChI is InChI=1S/C20H17NO6S/c1-12-3-8-17-14(9-18(22)27-20(17)13(12)2)10-26-19(23)11-28-16-6-4-15(5-7-16)21(24)25/h3-9H,10-11H2,1-2H3. The fourth-order valence-corrected chi connectivity index (χ4v) is 3.35. The summed E-state index contributed by atoms with van der Waals surface area (Å²) in [6.45, 7) is 3.76. The van der Waals surface area contributed by atoms with Gasteiger partial charge in [0.25, 0.3) is 5.69 Å². The number of hydrogen-bond donors (Lipinski definition) is 0. The van der Waals surface area contributed by atoms with Crippen molar-refractivity contribution in [1.82, 2.24) is 0 Å². The molecule has 7 nitrogen and oxygen atoms in total. The highest BCUT2D eigenvalue weighted by Gasteiger charge is 2.12. The summed E-state index contributed by atoms with van der Waals surface area (Å²) in [7, 11) is 0. The molecule has 0 bridgehead atoms. The molecule has 0 atom stereocenters. The number of benzene rings is 2. The molecule has 3 rings (SSSR count). The second-order valence-electron chi connectivity index (χ2n) is 6.18. The number of carbonyl (C=O) groups is 1. The van der Waals surface area contributed by atoms with E-state index in [1.54, 1.807) is 12.1 Å². The molecule has 1 heterocycles. The van der Waals surface area contributed by atoms with Crippen LogP contribution in [0.25, 0.3) is 11.0 Å². The number of ether oxygens (including phenoxy) is 1. The Kier molecular flexibility index (Phi) is 5.79. The van der Waals surface area contributed by atoms with E-state index in [0.717, 1.165) is 21.4 Å². The summed E-state index contributed by atoms with van der Waals surface area (Å²) in [6, 6.07) is 11.0. The second-order valence-corrected chi connectivity index (χ2v) is 7.22. The molecule has 0 aliphatic carbocycles. The third-order valence-corrected chi connectivity index (χ3v) is 5.30. The number of esters is 1. The van der Waals surface area contributed by atoms with Gasteiger partial charge in [-0.1, -0.05) is 12.1 Å². The van der Waals surface area contributed by atoms with Crippen molar-refractivity contribution in [2.75, 3.05) is 5.75 Å². The lowest BCUT2D eigenvalue weighted by molar-refractivity contribution is -0.384. The Morgan fingerprint density at radius 2 is 1.89 bits per heavy atom. The quantitative estimate of drug-likeness (QED) is 0.202. The van der Waals surface area contributed by atoms with Gasteiger partial charge in [0, 0.05) is 34.0 Å². The van der Waals surface area contributed by atoms with Crippen molar-refractivity contribution in [3.63, 3.8) is 0 Å². The van der Waals surface area contributed by atoms with Crippen molar-refractivity contribution in [2.24, 2.45) is 0 Å². The average molecular weight is 399 g/mol. The fraction of sp³-hybridized carbons (Fsp3) is 0.200. The van der Waals surface area contributed by atoms with E-state index in [4.69, 9.17) is 9.15 Å². The molecule has 0 saturated carbocycles. The first-order valence-electron chi connectivity index (χ1n) is 8.41. The minimum absolute atomic E-state index is 0.00718. The predicted octanol–water partition coefficient (Wildman–Crippen LogP) is 4.15. The smallest absolute Gasteiger partial charge is 0.336 e. The number of non-ortho nitro benzene ring substituents is 1. The van der Waals surface area contributed by atoms with Crippen LogP contribution in [0, 0.1) is 24.0 Å². The lowest BCUT2D eigenvalue weighted by atomic mass is 10.0. The molecule has 0 aliphatic heterocycles. The summed E-state index contributed by atoms with van der Waals surface area (Å²) in [5.41, 5.74) is 2.46. The van der Waals surface area contributed by atoms with Crippen LogP contribution in [-0.4, -0.2) is 16.6 Å². The number of aryl methyl sites for hydroxylation is 2. The first-order valence-corrected chi connectivity index (χ1v) is 9.39. The van der Waals surface area contributed by atoms with Crippen LogP contribution in [0.5, 0.6) is 0 Å². The Hall–Kier alpha value is -3.13. The van der Waals surface area contributed by atoms with E-state index in [9.17, 15) is 19.7 Å². The molecule has 0 radical (unpaired) electrons. The molecule has 0 amide bonds. The zero-order chi connectivity index (χ0) is 20.3. The third-order valence-electron chi connectivity index (χ3n) is 4.31. The summed E-state index contributed by atoms with van der Waals surface area (Å²) in [5, 5.41) is 11.4. The molecule has 0 spiro atoms. The molecule has 2 aromatic carbocycles. The van der Waals surface area contributed by atoms with Crippen molar-refractivity contribution in [2.45, 2.75) is 25.3 Å². The minimum atomic E-state index is -0.493. The molecule has 1 aromatic heterocycles. The summed E-state index contributed by atoms with van der Waals surface area (Å²) >= 11 is 1.22. The summed E-state index contributed by atoms with van der Waals surface area (Å²) in [6.07, 6.45) is 0. The Morgan fingerprint density at radius 3 is 2.57 bits per heavy atom. The van der Waals surface area contributed by atoms with Crippen LogP contribution in [0.2, 0.25) is 0 Å². The van der Waals surface area contributed by atoms with E-state index in [0.29, 0.717) is 11.1 Å². The molecular weight excluding hydrogens is 382 g/mol. The highest BCUT2D eigenvalue weighted by atomic mass is 32.2. The Bertz CT molecular complexity index is 1100. The van der Waals surface area contributed by atoms with Gasteiger partial charge in [0.2, 0.25) is 0 Å². The maximum atomic E-state index is 12.1. The van der Waals surface area contributed by atoms with Gasteiger partial charge in [-0.15, -0.1) is 11.8 Å². The minimum Gasteiger partial charge on any atom is -0.460 e. The van der Waals surface area contributed by atoms with Gasteiger partial charge in [-0.05, 0) is 37.1 Å². The van der Waals surface area contributed by atoms with E-state index < -0.39 is 16.5 Å². The first kappa shape index (κ1) is 19.6. The molecule has 0 saturated heterocycles. The number of nitro groups is 1. The van der Waals surface area contributed by atoms with Crippen molar-refractivity contribution >= 4 is 34.4 Å². The molecule has 0 N–H and O–H groups in total. The first-order chi connectivity index (χ1) is 13.3. The molecule has 0 fully saturated rings. The zero-order valence-corrected chi connectivity index (χ0v) is 16.1. The van der Waals surface area contributed by atoms with Crippen molar-refractivity contribution in [1.29, 1.82) is 0 Å². The molecular formula is C20H17NO6S. The van der Waals surface area contributed by atoms with Gasteiger partial charge in [0.05, 0.1) is 10.7 Å². The number of nitrogens with zero attached hydrogens (tertiary/aromatic N) is 1. The van der Waals surface area contributed by atoms with Gasteiger partial charge in [-0.2, -0.15) is 0 Å². The Labute approximate surface area is 164 Å². The number of hydrogen-bond acceptors (Lipinski definition) is 7. The highest BCUT2D eigenvalue weighted by Crippen LogP contribution is 2.24. The Balaban J connectivity index is 1.65. The monoisotopic (exact) mass is 399 g/mol. The van der Waals surface area contributed by atoms with Crippen LogP contribution in [0.3, 0.4) is 0 Å². The number of thioether (sulfide) groups is 1. The van der Waals surface area contributed by atoms with E-state index in [1.807, 2.05) is 26.0 Å². The van der Waals surface area contributed by atoms with Crippen LogP contribution in [0.4, 0.5) is 5.69 Å². The number of carbonyl (C=O) groups excluding carboxylic acids is 1. The van der Waals surface area contributed by atoms with Gasteiger partial charge < -0.3 is 9.15 Å². The molecule has 8 heteroatoms. The van der Waals surface area contributed by atoms with Crippen LogP contribution < -0.4 is 5.63 Å². The molecule has 144 valence electrons. The largest absolute Gasteiger partial charge is 0.460 e. The third kappa shape index (κ3) is 4.40. The maximum absolute atomic E-state index is 12.1. The SMILES string of the molecule is Cc1ccc2c(COC(=O)CSc3ccc([N+](=O)[O-])cc3)cc(=O)oc2c1C. The molecule has 0 aliphatic rings.